The molecule has 4 rings (SSSR count). The van der Waals surface area contributed by atoms with Crippen molar-refractivity contribution >= 4 is 33.0 Å². The van der Waals surface area contributed by atoms with E-state index in [9.17, 15) is 8.42 Å². The number of sulfone groups is 1. The lowest BCUT2D eigenvalue weighted by atomic mass is 10.0. The molecule has 0 aliphatic rings. The van der Waals surface area contributed by atoms with Crippen molar-refractivity contribution in [1.82, 2.24) is 0 Å². The van der Waals surface area contributed by atoms with Crippen LogP contribution in [0.3, 0.4) is 0 Å². The fraction of sp³-hybridized carbons (Fsp3) is 0.200. The van der Waals surface area contributed by atoms with Gasteiger partial charge in [0.1, 0.15) is 0 Å². The van der Waals surface area contributed by atoms with Gasteiger partial charge in [0.15, 0.2) is 0 Å². The second-order valence-electron chi connectivity index (χ2n) is 9.25. The van der Waals surface area contributed by atoms with Crippen LogP contribution >= 0.6 is 23.2 Å². The predicted octanol–water partition coefficient (Wildman–Crippen LogP) is 8.24. The van der Waals surface area contributed by atoms with Crippen LogP contribution in [0.2, 0.25) is 10.0 Å². The molecule has 0 spiro atoms. The van der Waals surface area contributed by atoms with E-state index in [0.717, 1.165) is 44.5 Å². The number of halogens is 2. The van der Waals surface area contributed by atoms with E-state index in [0.29, 0.717) is 32.7 Å². The molecule has 180 valence electrons. The summed E-state index contributed by atoms with van der Waals surface area (Å²) in [5, 5.41) is 1.31. The van der Waals surface area contributed by atoms with Crippen molar-refractivity contribution in [1.29, 1.82) is 0 Å². The van der Waals surface area contributed by atoms with Gasteiger partial charge in [0.2, 0.25) is 9.84 Å². The topological polar surface area (TPSA) is 34.1 Å². The summed E-state index contributed by atoms with van der Waals surface area (Å²) in [4.78, 5) is 0.782. The Morgan fingerprint density at radius 1 is 0.571 bits per heavy atom. The van der Waals surface area contributed by atoms with Crippen LogP contribution in [0.5, 0.6) is 0 Å². The molecule has 4 aromatic rings. The van der Waals surface area contributed by atoms with Crippen molar-refractivity contribution in [3.8, 4) is 0 Å². The van der Waals surface area contributed by atoms with Gasteiger partial charge in [-0.3, -0.25) is 0 Å². The first-order chi connectivity index (χ1) is 16.5. The highest BCUT2D eigenvalue weighted by Gasteiger charge is 2.28. The maximum absolute atomic E-state index is 14.4. The van der Waals surface area contributed by atoms with E-state index < -0.39 is 9.84 Å². The lowest BCUT2D eigenvalue weighted by Gasteiger charge is -2.20. The van der Waals surface area contributed by atoms with Crippen molar-refractivity contribution in [2.24, 2.45) is 0 Å². The molecule has 0 saturated heterocycles. The molecule has 0 atom stereocenters. The summed E-state index contributed by atoms with van der Waals surface area (Å²) < 4.78 is 28.8. The maximum Gasteiger partial charge on any atom is 0.207 e. The molecule has 0 aliphatic carbocycles. The average Bonchev–Trinajstić information content (AvgIpc) is 2.75. The molecule has 0 aliphatic heterocycles. The Kier molecular flexibility index (Phi) is 7.42. The van der Waals surface area contributed by atoms with E-state index >= 15 is 0 Å². The van der Waals surface area contributed by atoms with Crippen LogP contribution < -0.4 is 0 Å². The smallest absolute Gasteiger partial charge is 0.207 e. The zero-order chi connectivity index (χ0) is 25.3. The number of hydrogen-bond acceptors (Lipinski definition) is 2. The molecule has 0 radical (unpaired) electrons. The van der Waals surface area contributed by atoms with Gasteiger partial charge < -0.3 is 0 Å². The van der Waals surface area contributed by atoms with Crippen molar-refractivity contribution in [3.63, 3.8) is 0 Å². The first kappa shape index (κ1) is 25.5. The van der Waals surface area contributed by atoms with Gasteiger partial charge in [-0.2, -0.15) is 0 Å². The molecular formula is C30H28Cl2O2S. The van der Waals surface area contributed by atoms with Crippen molar-refractivity contribution < 1.29 is 8.42 Å². The van der Waals surface area contributed by atoms with Gasteiger partial charge in [0, 0.05) is 10.0 Å². The van der Waals surface area contributed by atoms with Crippen LogP contribution in [0.15, 0.2) is 82.6 Å². The van der Waals surface area contributed by atoms with Gasteiger partial charge in [0.25, 0.3) is 0 Å². The molecule has 0 unspecified atom stereocenters. The van der Waals surface area contributed by atoms with E-state index in [1.165, 1.54) is 0 Å². The summed E-state index contributed by atoms with van der Waals surface area (Å²) in [5.41, 5.74) is 7.19. The van der Waals surface area contributed by atoms with Crippen LogP contribution in [0.4, 0.5) is 0 Å². The minimum absolute atomic E-state index is 0.391. The van der Waals surface area contributed by atoms with Crippen LogP contribution in [-0.4, -0.2) is 8.42 Å². The van der Waals surface area contributed by atoms with Crippen molar-refractivity contribution in [2.45, 2.75) is 50.3 Å². The van der Waals surface area contributed by atoms with E-state index in [1.54, 1.807) is 0 Å². The van der Waals surface area contributed by atoms with E-state index in [2.05, 4.69) is 0 Å². The molecule has 0 fully saturated rings. The second kappa shape index (κ2) is 10.2. The molecule has 0 bridgehead atoms. The fourth-order valence-electron chi connectivity index (χ4n) is 4.86. The van der Waals surface area contributed by atoms with Crippen LogP contribution in [0.1, 0.15) is 44.5 Å². The van der Waals surface area contributed by atoms with Gasteiger partial charge in [-0.1, -0.05) is 82.9 Å². The Morgan fingerprint density at radius 3 is 1.26 bits per heavy atom. The summed E-state index contributed by atoms with van der Waals surface area (Å²) in [6.45, 7) is 7.76. The first-order valence-corrected chi connectivity index (χ1v) is 13.7. The third-order valence-electron chi connectivity index (χ3n) is 6.14. The number of benzene rings is 4. The highest BCUT2D eigenvalue weighted by molar-refractivity contribution is 7.91. The van der Waals surface area contributed by atoms with Crippen LogP contribution in [0, 0.1) is 27.7 Å². The molecule has 0 aromatic heterocycles. The standard InChI is InChI=1S/C30H28Cl2O2S/c1-19-13-21(3)29(25(15-19)17-23-5-9-27(31)10-6-23)35(33,34)30-22(4)14-20(2)16-26(30)18-24-7-11-28(32)12-8-24/h5-16H,17-18H2,1-4H3. The summed E-state index contributed by atoms with van der Waals surface area (Å²) in [6.07, 6.45) is 1.01. The summed E-state index contributed by atoms with van der Waals surface area (Å²) in [7, 11) is -3.80. The Morgan fingerprint density at radius 2 is 0.914 bits per heavy atom. The third kappa shape index (κ3) is 5.64. The van der Waals surface area contributed by atoms with E-state index in [1.807, 2.05) is 100 Å². The average molecular weight is 524 g/mol. The van der Waals surface area contributed by atoms with Gasteiger partial charge in [0.05, 0.1) is 9.79 Å². The van der Waals surface area contributed by atoms with Gasteiger partial charge in [-0.15, -0.1) is 0 Å². The summed E-state index contributed by atoms with van der Waals surface area (Å²) >= 11 is 12.1. The molecule has 2 nitrogen and oxygen atoms in total. The summed E-state index contributed by atoms with van der Waals surface area (Å²) in [5.74, 6) is 0. The molecular weight excluding hydrogens is 495 g/mol. The SMILES string of the molecule is Cc1cc(C)c(S(=O)(=O)c2c(C)cc(C)cc2Cc2ccc(Cl)cc2)c(Cc2ccc(Cl)cc2)c1. The highest BCUT2D eigenvalue weighted by Crippen LogP contribution is 2.35. The monoisotopic (exact) mass is 522 g/mol. The minimum atomic E-state index is -3.80. The van der Waals surface area contributed by atoms with Crippen LogP contribution in [0.25, 0.3) is 0 Å². The van der Waals surface area contributed by atoms with Gasteiger partial charge in [-0.25, -0.2) is 8.42 Å². The van der Waals surface area contributed by atoms with Crippen molar-refractivity contribution in [3.05, 3.63) is 127 Å². The zero-order valence-electron chi connectivity index (χ0n) is 20.3. The van der Waals surface area contributed by atoms with Crippen LogP contribution in [-0.2, 0) is 22.7 Å². The van der Waals surface area contributed by atoms with E-state index in [-0.39, 0.29) is 0 Å². The maximum atomic E-state index is 14.4. The lowest BCUT2D eigenvalue weighted by molar-refractivity contribution is 0.593. The number of hydrogen-bond donors (Lipinski definition) is 0. The first-order valence-electron chi connectivity index (χ1n) is 11.5. The Balaban J connectivity index is 1.88. The summed E-state index contributed by atoms with van der Waals surface area (Å²) in [6, 6.07) is 23.0. The largest absolute Gasteiger partial charge is 0.218 e. The molecule has 0 amide bonds. The molecule has 4 aromatic carbocycles. The fourth-order valence-corrected chi connectivity index (χ4v) is 7.24. The number of aryl methyl sites for hydroxylation is 4. The third-order valence-corrected chi connectivity index (χ3v) is 8.89. The normalized spacial score (nSPS) is 11.6. The Labute approximate surface area is 218 Å². The second-order valence-corrected chi connectivity index (χ2v) is 11.9. The molecule has 0 N–H and O–H groups in total. The molecule has 5 heteroatoms. The van der Waals surface area contributed by atoms with E-state index in [4.69, 9.17) is 23.2 Å². The Hall–Kier alpha value is -2.59. The van der Waals surface area contributed by atoms with Crippen molar-refractivity contribution in [2.75, 3.05) is 0 Å². The minimum Gasteiger partial charge on any atom is -0.218 e. The predicted molar refractivity (Wildman–Crippen MR) is 146 cm³/mol. The molecule has 0 saturated carbocycles. The molecule has 0 heterocycles. The zero-order valence-corrected chi connectivity index (χ0v) is 22.7. The lowest BCUT2D eigenvalue weighted by Crippen LogP contribution is -2.13. The highest BCUT2D eigenvalue weighted by atomic mass is 35.5. The van der Waals surface area contributed by atoms with Gasteiger partial charge in [-0.05, 0) is 98.2 Å². The quantitative estimate of drug-likeness (QED) is 0.255. The number of rotatable bonds is 6. The van der Waals surface area contributed by atoms with Gasteiger partial charge >= 0.3 is 0 Å². The molecule has 35 heavy (non-hydrogen) atoms. The Bertz CT molecular complexity index is 1380.